The van der Waals surface area contributed by atoms with Gasteiger partial charge < -0.3 is 5.73 Å². The number of aryl methyl sites for hydroxylation is 1. The molecule has 2 aromatic rings. The third kappa shape index (κ3) is 2.68. The maximum atomic E-state index is 11.3. The quantitative estimate of drug-likeness (QED) is 0.642. The molecule has 2 heterocycles. The molecular weight excluding hydrogens is 228 g/mol. The summed E-state index contributed by atoms with van der Waals surface area (Å²) in [6, 6.07) is 3.62. The van der Waals surface area contributed by atoms with Crippen LogP contribution in [0.3, 0.4) is 0 Å². The predicted molar refractivity (Wildman–Crippen MR) is 66.9 cm³/mol. The van der Waals surface area contributed by atoms with Crippen molar-refractivity contribution in [1.82, 2.24) is 9.97 Å². The number of pyridine rings is 1. The van der Waals surface area contributed by atoms with Gasteiger partial charge in [0.2, 0.25) is 0 Å². The summed E-state index contributed by atoms with van der Waals surface area (Å²) in [6.45, 7) is 3.89. The average molecular weight is 243 g/mol. The lowest BCUT2D eigenvalue weighted by atomic mass is 10.2. The Morgan fingerprint density at radius 3 is 2.94 bits per heavy atom. The van der Waals surface area contributed by atoms with Crippen molar-refractivity contribution in [3.8, 4) is 0 Å². The van der Waals surface area contributed by atoms with Gasteiger partial charge in [-0.1, -0.05) is 0 Å². The smallest absolute Gasteiger partial charge is 0.179 e. The standard InChI is InChI=1S/C13H15N4O/c1-9(18)11-4-3-5-17(7-11)8-12-6-15-10(2)16-13(12)14/h3-7H,8H2,1-2H3,(H2,14,15,16)/q+1. The largest absolute Gasteiger partial charge is 0.383 e. The molecule has 0 amide bonds. The number of rotatable bonds is 3. The summed E-state index contributed by atoms with van der Waals surface area (Å²) in [4.78, 5) is 19.5. The molecular formula is C13H15N4O+. The second-order valence-electron chi connectivity index (χ2n) is 4.15. The molecule has 0 aromatic carbocycles. The molecule has 0 saturated heterocycles. The van der Waals surface area contributed by atoms with Crippen molar-refractivity contribution in [2.24, 2.45) is 0 Å². The highest BCUT2D eigenvalue weighted by Gasteiger charge is 2.10. The fraction of sp³-hybridized carbons (Fsp3) is 0.231. The number of ketones is 1. The second-order valence-corrected chi connectivity index (χ2v) is 4.15. The third-order valence-electron chi connectivity index (χ3n) is 2.64. The Hall–Kier alpha value is -2.30. The fourth-order valence-corrected chi connectivity index (χ4v) is 1.66. The van der Waals surface area contributed by atoms with E-state index in [-0.39, 0.29) is 5.78 Å². The van der Waals surface area contributed by atoms with Gasteiger partial charge in [0.1, 0.15) is 11.6 Å². The van der Waals surface area contributed by atoms with Crippen LogP contribution in [0.1, 0.15) is 28.7 Å². The second kappa shape index (κ2) is 4.91. The van der Waals surface area contributed by atoms with Crippen LogP contribution in [0.15, 0.2) is 30.7 Å². The Morgan fingerprint density at radius 1 is 1.50 bits per heavy atom. The molecule has 0 atom stereocenters. The summed E-state index contributed by atoms with van der Waals surface area (Å²) < 4.78 is 1.89. The van der Waals surface area contributed by atoms with Crippen molar-refractivity contribution in [2.75, 3.05) is 5.73 Å². The van der Waals surface area contributed by atoms with E-state index in [1.807, 2.05) is 16.8 Å². The van der Waals surface area contributed by atoms with E-state index in [0.717, 1.165) is 5.56 Å². The summed E-state index contributed by atoms with van der Waals surface area (Å²) >= 11 is 0. The lowest BCUT2D eigenvalue weighted by molar-refractivity contribution is -0.688. The van der Waals surface area contributed by atoms with Gasteiger partial charge in [0.25, 0.3) is 0 Å². The van der Waals surface area contributed by atoms with Crippen LogP contribution in [0.5, 0.6) is 0 Å². The Morgan fingerprint density at radius 2 is 2.28 bits per heavy atom. The molecule has 0 aliphatic rings. The lowest BCUT2D eigenvalue weighted by Crippen LogP contribution is -2.34. The van der Waals surface area contributed by atoms with Crippen molar-refractivity contribution < 1.29 is 9.36 Å². The first-order valence-electron chi connectivity index (χ1n) is 5.64. The fourth-order valence-electron chi connectivity index (χ4n) is 1.66. The molecule has 0 saturated carbocycles. The van der Waals surface area contributed by atoms with Crippen LogP contribution >= 0.6 is 0 Å². The number of Topliss-reactive ketones (excluding diaryl/α,β-unsaturated/α-hetero) is 1. The average Bonchev–Trinajstić information content (AvgIpc) is 2.33. The maximum Gasteiger partial charge on any atom is 0.179 e. The summed E-state index contributed by atoms with van der Waals surface area (Å²) in [5, 5.41) is 0. The molecule has 0 fully saturated rings. The highest BCUT2D eigenvalue weighted by molar-refractivity contribution is 5.93. The third-order valence-corrected chi connectivity index (χ3v) is 2.64. The van der Waals surface area contributed by atoms with Gasteiger partial charge in [-0.05, 0) is 19.9 Å². The van der Waals surface area contributed by atoms with E-state index in [1.165, 1.54) is 0 Å². The van der Waals surface area contributed by atoms with Crippen molar-refractivity contribution >= 4 is 11.6 Å². The van der Waals surface area contributed by atoms with Gasteiger partial charge in [0.15, 0.2) is 24.7 Å². The number of carbonyl (C=O) groups excluding carboxylic acids is 1. The number of anilines is 1. The molecule has 0 aliphatic heterocycles. The zero-order valence-corrected chi connectivity index (χ0v) is 10.4. The van der Waals surface area contributed by atoms with Gasteiger partial charge in [-0.15, -0.1) is 0 Å². The summed E-state index contributed by atoms with van der Waals surface area (Å²) in [7, 11) is 0. The molecule has 2 N–H and O–H groups in total. The van der Waals surface area contributed by atoms with Gasteiger partial charge in [0.05, 0.1) is 11.1 Å². The number of nitrogens with two attached hydrogens (primary N) is 1. The molecule has 2 rings (SSSR count). The van der Waals surface area contributed by atoms with E-state index in [1.54, 1.807) is 32.3 Å². The van der Waals surface area contributed by atoms with Crippen LogP contribution in [-0.2, 0) is 6.54 Å². The van der Waals surface area contributed by atoms with E-state index >= 15 is 0 Å². The van der Waals surface area contributed by atoms with Crippen molar-refractivity contribution in [2.45, 2.75) is 20.4 Å². The maximum absolute atomic E-state index is 11.3. The number of hydrogen-bond donors (Lipinski definition) is 1. The highest BCUT2D eigenvalue weighted by Crippen LogP contribution is 2.06. The molecule has 5 heteroatoms. The van der Waals surface area contributed by atoms with Gasteiger partial charge in [-0.2, -0.15) is 4.57 Å². The van der Waals surface area contributed by atoms with Gasteiger partial charge in [-0.25, -0.2) is 9.97 Å². The Kier molecular flexibility index (Phi) is 3.32. The van der Waals surface area contributed by atoms with Gasteiger partial charge >= 0.3 is 0 Å². The monoisotopic (exact) mass is 243 g/mol. The lowest BCUT2D eigenvalue weighted by Gasteiger charge is -2.02. The van der Waals surface area contributed by atoms with E-state index in [0.29, 0.717) is 23.8 Å². The van der Waals surface area contributed by atoms with E-state index in [4.69, 9.17) is 5.73 Å². The van der Waals surface area contributed by atoms with Crippen LogP contribution in [0, 0.1) is 6.92 Å². The minimum atomic E-state index is 0.0393. The zero-order valence-electron chi connectivity index (χ0n) is 10.4. The molecule has 0 bridgehead atoms. The zero-order chi connectivity index (χ0) is 13.1. The van der Waals surface area contributed by atoms with Crippen LogP contribution in [0.25, 0.3) is 0 Å². The van der Waals surface area contributed by atoms with Crippen LogP contribution in [0.4, 0.5) is 5.82 Å². The Balaban J connectivity index is 2.28. The highest BCUT2D eigenvalue weighted by atomic mass is 16.1. The van der Waals surface area contributed by atoms with E-state index in [9.17, 15) is 4.79 Å². The minimum absolute atomic E-state index is 0.0393. The molecule has 0 spiro atoms. The van der Waals surface area contributed by atoms with Crippen molar-refractivity contribution in [3.63, 3.8) is 0 Å². The first kappa shape index (κ1) is 12.2. The number of hydrogen-bond acceptors (Lipinski definition) is 4. The Labute approximate surface area is 105 Å². The van der Waals surface area contributed by atoms with Crippen LogP contribution in [0.2, 0.25) is 0 Å². The Bertz CT molecular complexity index is 595. The van der Waals surface area contributed by atoms with Crippen molar-refractivity contribution in [3.05, 3.63) is 47.7 Å². The number of nitrogens with zero attached hydrogens (tertiary/aromatic N) is 3. The molecule has 92 valence electrons. The topological polar surface area (TPSA) is 72.8 Å². The van der Waals surface area contributed by atoms with Crippen LogP contribution < -0.4 is 10.3 Å². The van der Waals surface area contributed by atoms with Crippen molar-refractivity contribution in [1.29, 1.82) is 0 Å². The number of nitrogen functional groups attached to an aromatic ring is 1. The van der Waals surface area contributed by atoms with E-state index in [2.05, 4.69) is 9.97 Å². The minimum Gasteiger partial charge on any atom is -0.383 e. The first-order valence-corrected chi connectivity index (χ1v) is 5.64. The number of carbonyl (C=O) groups is 1. The summed E-state index contributed by atoms with van der Waals surface area (Å²) in [6.07, 6.45) is 5.39. The predicted octanol–water partition coefficient (Wildman–Crippen LogP) is 0.906. The number of aromatic nitrogens is 3. The summed E-state index contributed by atoms with van der Waals surface area (Å²) in [5.41, 5.74) is 7.35. The molecule has 2 aromatic heterocycles. The van der Waals surface area contributed by atoms with Gasteiger partial charge in [0, 0.05) is 12.3 Å². The molecule has 18 heavy (non-hydrogen) atoms. The summed E-state index contributed by atoms with van der Waals surface area (Å²) in [5.74, 6) is 1.17. The molecule has 0 radical (unpaired) electrons. The first-order chi connectivity index (χ1) is 8.56. The SMILES string of the molecule is CC(=O)c1ccc[n+](Cc2cnc(C)nc2N)c1. The molecule has 0 aliphatic carbocycles. The van der Waals surface area contributed by atoms with E-state index < -0.39 is 0 Å². The van der Waals surface area contributed by atoms with Gasteiger partial charge in [-0.3, -0.25) is 4.79 Å². The van der Waals surface area contributed by atoms with Crippen LogP contribution in [-0.4, -0.2) is 15.8 Å². The normalized spacial score (nSPS) is 10.3. The molecule has 0 unspecified atom stereocenters. The molecule has 5 nitrogen and oxygen atoms in total.